The van der Waals surface area contributed by atoms with Gasteiger partial charge in [0, 0.05) is 43.2 Å². The van der Waals surface area contributed by atoms with Gasteiger partial charge in [0.25, 0.3) is 0 Å². The first kappa shape index (κ1) is 22.9. The number of aryl methyl sites for hydroxylation is 1. The minimum Gasteiger partial charge on any atom is -0.439 e. The van der Waals surface area contributed by atoms with Gasteiger partial charge in [0.15, 0.2) is 0 Å². The van der Waals surface area contributed by atoms with Crippen molar-refractivity contribution in [3.63, 3.8) is 0 Å². The van der Waals surface area contributed by atoms with Crippen molar-refractivity contribution in [1.82, 2.24) is 14.5 Å². The topological polar surface area (TPSA) is 73.2 Å². The molecule has 2 aromatic carbocycles. The van der Waals surface area contributed by atoms with Crippen LogP contribution in [0.4, 0.5) is 29.2 Å². The van der Waals surface area contributed by atoms with Crippen LogP contribution < -0.4 is 15.4 Å². The van der Waals surface area contributed by atoms with Crippen molar-refractivity contribution in [3.05, 3.63) is 71.7 Å². The molecule has 0 aliphatic carbocycles. The first-order valence-electron chi connectivity index (χ1n) is 10.8. The van der Waals surface area contributed by atoms with Crippen LogP contribution in [0.25, 0.3) is 11.0 Å². The van der Waals surface area contributed by atoms with Crippen molar-refractivity contribution < 1.29 is 27.0 Å². The molecule has 0 amide bonds. The quantitative estimate of drug-likeness (QED) is 0.343. The Kier molecular flexibility index (Phi) is 5.93. The molecule has 182 valence electrons. The van der Waals surface area contributed by atoms with E-state index in [4.69, 9.17) is 9.47 Å². The average Bonchev–Trinajstić information content (AvgIpc) is 3.10. The zero-order valence-corrected chi connectivity index (χ0v) is 18.6. The molecular weight excluding hydrogens is 466 g/mol. The number of anilines is 2. The van der Waals surface area contributed by atoms with Crippen molar-refractivity contribution >= 4 is 22.7 Å². The summed E-state index contributed by atoms with van der Waals surface area (Å²) in [6, 6.07) is 12.4. The molecule has 0 bridgehead atoms. The fraction of sp³-hybridized carbons (Fsp3) is 0.250. The fourth-order valence-corrected chi connectivity index (χ4v) is 3.63. The zero-order valence-electron chi connectivity index (χ0n) is 18.6. The predicted molar refractivity (Wildman–Crippen MR) is 122 cm³/mol. The van der Waals surface area contributed by atoms with E-state index in [0.29, 0.717) is 37.0 Å². The van der Waals surface area contributed by atoms with E-state index in [2.05, 4.69) is 20.6 Å². The third-order valence-electron chi connectivity index (χ3n) is 5.64. The lowest BCUT2D eigenvalue weighted by Gasteiger charge is -2.27. The van der Waals surface area contributed by atoms with Gasteiger partial charge in [-0.1, -0.05) is 6.07 Å². The van der Waals surface area contributed by atoms with Gasteiger partial charge < -0.3 is 24.7 Å². The van der Waals surface area contributed by atoms with E-state index in [9.17, 15) is 17.6 Å². The molecule has 0 spiro atoms. The number of ether oxygens (including phenoxy) is 2. The summed E-state index contributed by atoms with van der Waals surface area (Å²) in [6.07, 6.45) is -3.82. The summed E-state index contributed by atoms with van der Waals surface area (Å²) in [6.45, 7) is 1.55. The Morgan fingerprint density at radius 3 is 2.60 bits per heavy atom. The van der Waals surface area contributed by atoms with Crippen LogP contribution in [0.3, 0.4) is 0 Å². The lowest BCUT2D eigenvalue weighted by atomic mass is 10.2. The molecule has 7 nitrogen and oxygen atoms in total. The van der Waals surface area contributed by atoms with Crippen LogP contribution >= 0.6 is 0 Å². The molecule has 1 aliphatic rings. The molecule has 0 atom stereocenters. The number of nitrogens with zero attached hydrogens (tertiary/aromatic N) is 3. The Hall–Kier alpha value is -3.86. The maximum absolute atomic E-state index is 14.7. The Morgan fingerprint density at radius 2 is 1.94 bits per heavy atom. The molecule has 1 aliphatic heterocycles. The fourth-order valence-electron chi connectivity index (χ4n) is 3.63. The largest absolute Gasteiger partial charge is 0.439 e. The first-order valence-corrected chi connectivity index (χ1v) is 10.8. The number of rotatable bonds is 7. The Balaban J connectivity index is 1.24. The van der Waals surface area contributed by atoms with Crippen molar-refractivity contribution in [1.29, 1.82) is 0 Å². The summed E-state index contributed by atoms with van der Waals surface area (Å²) >= 11 is 0. The van der Waals surface area contributed by atoms with E-state index in [0.717, 1.165) is 34.9 Å². The molecule has 1 fully saturated rings. The molecule has 0 radical (unpaired) electrons. The van der Waals surface area contributed by atoms with Crippen LogP contribution in [0.1, 0.15) is 11.1 Å². The Bertz CT molecular complexity index is 1350. The van der Waals surface area contributed by atoms with Crippen LogP contribution in [0.15, 0.2) is 54.7 Å². The number of alkyl halides is 3. The smallest absolute Gasteiger partial charge is 0.417 e. The molecule has 2 aromatic heterocycles. The predicted octanol–water partition coefficient (Wildman–Crippen LogP) is 5.34. The van der Waals surface area contributed by atoms with Gasteiger partial charge in [0.2, 0.25) is 11.8 Å². The number of halogens is 4. The molecule has 35 heavy (non-hydrogen) atoms. The van der Waals surface area contributed by atoms with Gasteiger partial charge >= 0.3 is 6.18 Å². The zero-order chi connectivity index (χ0) is 24.6. The summed E-state index contributed by atoms with van der Waals surface area (Å²) < 4.78 is 65.1. The van der Waals surface area contributed by atoms with Crippen LogP contribution in [0, 0.1) is 5.82 Å². The number of imidazole rings is 1. The minimum absolute atomic E-state index is 0.0679. The van der Waals surface area contributed by atoms with Crippen molar-refractivity contribution in [2.45, 2.75) is 18.8 Å². The summed E-state index contributed by atoms with van der Waals surface area (Å²) in [4.78, 5) is 8.20. The third-order valence-corrected chi connectivity index (χ3v) is 5.64. The van der Waals surface area contributed by atoms with Crippen molar-refractivity contribution in [2.24, 2.45) is 7.05 Å². The molecule has 5 rings (SSSR count). The van der Waals surface area contributed by atoms with Crippen LogP contribution in [0.5, 0.6) is 11.6 Å². The summed E-state index contributed by atoms with van der Waals surface area (Å²) in [5.41, 5.74) is 2.19. The van der Waals surface area contributed by atoms with Crippen LogP contribution in [0.2, 0.25) is 0 Å². The second-order valence-electron chi connectivity index (χ2n) is 8.17. The summed E-state index contributed by atoms with van der Waals surface area (Å²) in [5, 5.41) is 6.55. The van der Waals surface area contributed by atoms with Gasteiger partial charge in [-0.25, -0.2) is 14.4 Å². The number of fused-ring (bicyclic) bond motifs is 1. The van der Waals surface area contributed by atoms with E-state index < -0.39 is 17.6 Å². The molecular formula is C24H21F4N5O2. The Morgan fingerprint density at radius 1 is 1.11 bits per heavy atom. The summed E-state index contributed by atoms with van der Waals surface area (Å²) in [5.74, 6) is 0.104. The number of pyridine rings is 1. The van der Waals surface area contributed by atoms with Crippen molar-refractivity contribution in [3.8, 4) is 11.6 Å². The monoisotopic (exact) mass is 487 g/mol. The van der Waals surface area contributed by atoms with E-state index in [1.165, 1.54) is 12.1 Å². The van der Waals surface area contributed by atoms with Gasteiger partial charge in [-0.15, -0.1) is 0 Å². The highest BCUT2D eigenvalue weighted by Crippen LogP contribution is 2.30. The summed E-state index contributed by atoms with van der Waals surface area (Å²) in [7, 11) is 1.87. The van der Waals surface area contributed by atoms with Gasteiger partial charge in [0.1, 0.15) is 11.6 Å². The second kappa shape index (κ2) is 9.06. The number of aromatic nitrogens is 3. The average molecular weight is 487 g/mol. The highest BCUT2D eigenvalue weighted by Gasteiger charge is 2.30. The van der Waals surface area contributed by atoms with Gasteiger partial charge in [-0.3, -0.25) is 0 Å². The molecule has 2 N–H and O–H groups in total. The highest BCUT2D eigenvalue weighted by molar-refractivity contribution is 5.82. The molecule has 3 heterocycles. The Labute approximate surface area is 197 Å². The number of nitrogens with one attached hydrogen (secondary N) is 2. The number of hydrogen-bond donors (Lipinski definition) is 2. The molecule has 1 saturated heterocycles. The molecule has 0 saturated carbocycles. The third kappa shape index (κ3) is 4.99. The molecule has 0 unspecified atom stereocenters. The van der Waals surface area contributed by atoms with Crippen molar-refractivity contribution in [2.75, 3.05) is 23.8 Å². The van der Waals surface area contributed by atoms with Crippen LogP contribution in [-0.2, 0) is 24.5 Å². The maximum atomic E-state index is 14.7. The van der Waals surface area contributed by atoms with Gasteiger partial charge in [-0.05, 0) is 30.3 Å². The maximum Gasteiger partial charge on any atom is 0.417 e. The SMILES string of the molecule is Cn1c(NCc2ccc(Oc3ccc(C(F)(F)F)cn3)cc2F)nc2ccc(NC3COC3)cc21. The minimum atomic E-state index is -4.49. The highest BCUT2D eigenvalue weighted by atomic mass is 19.4. The lowest BCUT2D eigenvalue weighted by molar-refractivity contribution is -0.137. The van der Waals surface area contributed by atoms with E-state index in [1.807, 2.05) is 29.8 Å². The second-order valence-corrected chi connectivity index (χ2v) is 8.17. The number of benzene rings is 2. The normalized spacial score (nSPS) is 14.1. The van der Waals surface area contributed by atoms with Gasteiger partial charge in [0.05, 0.1) is 35.9 Å². The standard InChI is InChI=1S/C24H21F4N5O2/c1-33-21-8-16(31-17-12-34-13-17)4-6-20(21)32-23(33)30-10-14-2-5-18(9-19(14)25)35-22-7-3-15(11-29-22)24(26,27)28/h2-9,11,17,31H,10,12-13H2,1H3,(H,30,32). The van der Waals surface area contributed by atoms with Crippen LogP contribution in [-0.4, -0.2) is 33.8 Å². The van der Waals surface area contributed by atoms with E-state index in [-0.39, 0.29) is 18.2 Å². The lowest BCUT2D eigenvalue weighted by Crippen LogP contribution is -2.40. The first-order chi connectivity index (χ1) is 16.8. The number of hydrogen-bond acceptors (Lipinski definition) is 6. The molecule has 4 aromatic rings. The van der Waals surface area contributed by atoms with E-state index in [1.54, 1.807) is 0 Å². The van der Waals surface area contributed by atoms with Gasteiger partial charge in [-0.2, -0.15) is 13.2 Å². The molecule has 11 heteroatoms. The van der Waals surface area contributed by atoms with E-state index >= 15 is 0 Å².